The van der Waals surface area contributed by atoms with E-state index in [1.165, 1.54) is 16.3 Å². The molecule has 0 unspecified atom stereocenters. The number of likely N-dealkylation sites (N-methyl/N-ethyl adjacent to an activating group) is 1. The van der Waals surface area contributed by atoms with Crippen LogP contribution in [-0.4, -0.2) is 84.8 Å². The summed E-state index contributed by atoms with van der Waals surface area (Å²) in [4.78, 5) is 31.7. The minimum atomic E-state index is -0.171. The number of carbonyl (C=O) groups is 1. The number of rotatable bonds is 17. The number of thiazole rings is 1. The van der Waals surface area contributed by atoms with Crippen LogP contribution in [0, 0.1) is 0 Å². The summed E-state index contributed by atoms with van der Waals surface area (Å²) in [6.45, 7) is 10.7. The number of phenolic OH excluding ortho intramolecular Hbond substituents is 1. The van der Waals surface area contributed by atoms with E-state index < -0.39 is 0 Å². The number of H-pyrrole nitrogens is 1. The molecule has 0 saturated carbocycles. The molecule has 0 atom stereocenters. The van der Waals surface area contributed by atoms with E-state index in [1.807, 2.05) is 11.0 Å². The van der Waals surface area contributed by atoms with Gasteiger partial charge in [0.2, 0.25) is 5.91 Å². The Balaban J connectivity index is 0.00000323. The molecule has 1 heterocycles. The van der Waals surface area contributed by atoms with Crippen molar-refractivity contribution in [2.75, 3.05) is 59.0 Å². The summed E-state index contributed by atoms with van der Waals surface area (Å²) in [5, 5.41) is 15.9. The predicted octanol–water partition coefficient (Wildman–Crippen LogP) is 5.24. The van der Waals surface area contributed by atoms with Gasteiger partial charge in [0.25, 0.3) is 0 Å². The highest BCUT2D eigenvalue weighted by Crippen LogP contribution is 2.27. The normalized spacial score (nSPS) is 11.0. The van der Waals surface area contributed by atoms with E-state index in [4.69, 9.17) is 4.74 Å². The molecular weight excluding hydrogens is 607 g/mol. The van der Waals surface area contributed by atoms with Gasteiger partial charge in [0, 0.05) is 26.2 Å². The number of phenols is 1. The fourth-order valence-corrected chi connectivity index (χ4v) is 6.00. The molecule has 236 valence electrons. The average Bonchev–Trinajstić information content (AvgIpc) is 3.39. The molecule has 0 aliphatic carbocycles. The quantitative estimate of drug-likeness (QED) is 0.135. The topological polar surface area (TPSA) is 97.9 Å². The molecule has 3 N–H and O–H groups in total. The fourth-order valence-electron chi connectivity index (χ4n) is 5.11. The summed E-state index contributed by atoms with van der Waals surface area (Å²) in [7, 11) is 0. The molecule has 1 amide bonds. The van der Waals surface area contributed by atoms with Gasteiger partial charge in [-0.3, -0.25) is 9.59 Å². The van der Waals surface area contributed by atoms with E-state index >= 15 is 0 Å². The van der Waals surface area contributed by atoms with Crippen molar-refractivity contribution >= 4 is 63.0 Å². The van der Waals surface area contributed by atoms with Crippen molar-refractivity contribution in [1.82, 2.24) is 20.1 Å². The molecule has 11 heteroatoms. The Kier molecular flexibility index (Phi) is 16.0. The second-order valence-corrected chi connectivity index (χ2v) is 11.1. The lowest BCUT2D eigenvalue weighted by Gasteiger charge is -2.27. The fraction of sp³-hybridized carbons (Fsp3) is 0.438. The van der Waals surface area contributed by atoms with Gasteiger partial charge in [0.15, 0.2) is 0 Å². The van der Waals surface area contributed by atoms with Crippen molar-refractivity contribution < 1.29 is 14.6 Å². The summed E-state index contributed by atoms with van der Waals surface area (Å²) >= 11 is 1.12. The van der Waals surface area contributed by atoms with Crippen molar-refractivity contribution in [3.8, 4) is 5.75 Å². The van der Waals surface area contributed by atoms with Crippen LogP contribution in [-0.2, 0) is 22.4 Å². The third-order valence-electron chi connectivity index (χ3n) is 7.56. The lowest BCUT2D eigenvalue weighted by molar-refractivity contribution is -0.132. The first-order chi connectivity index (χ1) is 20.0. The van der Waals surface area contributed by atoms with E-state index in [1.54, 1.807) is 6.07 Å². The number of aromatic hydroxyl groups is 1. The zero-order valence-electron chi connectivity index (χ0n) is 25.0. The van der Waals surface area contributed by atoms with Gasteiger partial charge in [0.05, 0.1) is 24.3 Å². The number of hydrogen-bond donors (Lipinski definition) is 3. The number of ether oxygens (including phenoxy) is 1. The first-order valence-electron chi connectivity index (χ1n) is 14.6. The number of benzene rings is 3. The van der Waals surface area contributed by atoms with Gasteiger partial charge in [0.1, 0.15) is 11.3 Å². The van der Waals surface area contributed by atoms with E-state index in [-0.39, 0.29) is 41.3 Å². The second kappa shape index (κ2) is 18.9. The maximum atomic E-state index is 13.2. The monoisotopic (exact) mass is 650 g/mol. The minimum Gasteiger partial charge on any atom is -0.506 e. The van der Waals surface area contributed by atoms with Gasteiger partial charge in [-0.2, -0.15) is 0 Å². The Hall–Kier alpha value is -2.66. The van der Waals surface area contributed by atoms with Gasteiger partial charge >= 0.3 is 4.87 Å². The molecule has 0 aliphatic heterocycles. The van der Waals surface area contributed by atoms with Gasteiger partial charge in [-0.25, -0.2) is 0 Å². The standard InChI is InChI=1S/C32H42N4O4S.2ClH/c1-3-35(4-2)20-21-36(19-18-33-17-14-26-12-13-28(37)30-31(26)41-32(39)34-30)29(38)16-23-40-22-15-25-10-7-9-24-8-5-6-11-27(24)25;;/h5-13,33,37H,3-4,14-23H2,1-2H3,(H,34,39);2*1H. The lowest BCUT2D eigenvalue weighted by Crippen LogP contribution is -2.42. The van der Waals surface area contributed by atoms with E-state index in [2.05, 4.69) is 71.5 Å². The van der Waals surface area contributed by atoms with Crippen molar-refractivity contribution in [2.24, 2.45) is 0 Å². The van der Waals surface area contributed by atoms with Crippen LogP contribution in [0.3, 0.4) is 0 Å². The van der Waals surface area contributed by atoms with Gasteiger partial charge in [-0.05, 0) is 60.4 Å². The summed E-state index contributed by atoms with van der Waals surface area (Å²) < 4.78 is 6.70. The van der Waals surface area contributed by atoms with Crippen LogP contribution in [0.5, 0.6) is 5.75 Å². The molecular formula is C32H44Cl2N4O4S. The Morgan fingerprint density at radius 1 is 0.907 bits per heavy atom. The van der Waals surface area contributed by atoms with Crippen LogP contribution in [0.2, 0.25) is 0 Å². The number of nitrogens with zero attached hydrogens (tertiary/aromatic N) is 2. The molecule has 0 saturated heterocycles. The molecule has 1 aromatic heterocycles. The van der Waals surface area contributed by atoms with Crippen molar-refractivity contribution in [1.29, 1.82) is 0 Å². The van der Waals surface area contributed by atoms with Gasteiger partial charge < -0.3 is 29.9 Å². The number of aromatic nitrogens is 1. The SMILES string of the molecule is CCN(CC)CCN(CCNCCc1ccc(O)c2[nH]c(=O)sc12)C(=O)CCOCCc1cccc2ccccc12.Cl.Cl. The maximum Gasteiger partial charge on any atom is 0.305 e. The number of halogens is 2. The lowest BCUT2D eigenvalue weighted by atomic mass is 10.0. The van der Waals surface area contributed by atoms with Crippen LogP contribution >= 0.6 is 36.2 Å². The predicted molar refractivity (Wildman–Crippen MR) is 183 cm³/mol. The molecule has 0 aliphatic rings. The Labute approximate surface area is 270 Å². The van der Waals surface area contributed by atoms with Crippen LogP contribution in [0.4, 0.5) is 0 Å². The van der Waals surface area contributed by atoms with Crippen molar-refractivity contribution in [3.05, 3.63) is 75.4 Å². The molecule has 43 heavy (non-hydrogen) atoms. The Morgan fingerprint density at radius 3 is 2.47 bits per heavy atom. The molecule has 4 rings (SSSR count). The van der Waals surface area contributed by atoms with Crippen LogP contribution in [0.15, 0.2) is 59.4 Å². The average molecular weight is 652 g/mol. The van der Waals surface area contributed by atoms with E-state index in [0.29, 0.717) is 51.3 Å². The third-order valence-corrected chi connectivity index (χ3v) is 8.52. The number of nitrogens with one attached hydrogen (secondary N) is 2. The Bertz CT molecular complexity index is 1470. The molecule has 0 bridgehead atoms. The molecule has 0 spiro atoms. The number of carbonyl (C=O) groups excluding carboxylic acids is 1. The van der Waals surface area contributed by atoms with E-state index in [0.717, 1.165) is 54.1 Å². The highest BCUT2D eigenvalue weighted by atomic mass is 35.5. The zero-order valence-corrected chi connectivity index (χ0v) is 27.4. The maximum absolute atomic E-state index is 13.2. The van der Waals surface area contributed by atoms with E-state index in [9.17, 15) is 14.7 Å². The highest BCUT2D eigenvalue weighted by Gasteiger charge is 2.15. The van der Waals surface area contributed by atoms with Crippen LogP contribution in [0.1, 0.15) is 31.4 Å². The number of fused-ring (bicyclic) bond motifs is 2. The summed E-state index contributed by atoms with van der Waals surface area (Å²) in [5.41, 5.74) is 2.79. The first-order valence-corrected chi connectivity index (χ1v) is 15.4. The zero-order chi connectivity index (χ0) is 29.0. The molecule has 8 nitrogen and oxygen atoms in total. The summed E-state index contributed by atoms with van der Waals surface area (Å²) in [6.07, 6.45) is 1.91. The minimum absolute atomic E-state index is 0. The largest absolute Gasteiger partial charge is 0.506 e. The molecule has 3 aromatic carbocycles. The molecule has 4 aromatic rings. The Morgan fingerprint density at radius 2 is 1.67 bits per heavy atom. The van der Waals surface area contributed by atoms with Gasteiger partial charge in [-0.1, -0.05) is 73.7 Å². The number of aromatic amines is 1. The van der Waals surface area contributed by atoms with Crippen LogP contribution < -0.4 is 10.2 Å². The third kappa shape index (κ3) is 10.5. The smallest absolute Gasteiger partial charge is 0.305 e. The summed E-state index contributed by atoms with van der Waals surface area (Å²) in [5.74, 6) is 0.205. The molecule has 0 fully saturated rings. The first kappa shape index (κ1) is 36.5. The highest BCUT2D eigenvalue weighted by molar-refractivity contribution is 7.16. The van der Waals surface area contributed by atoms with Crippen molar-refractivity contribution in [3.63, 3.8) is 0 Å². The molecule has 0 radical (unpaired) electrons. The second-order valence-electron chi connectivity index (χ2n) is 10.1. The van der Waals surface area contributed by atoms with Crippen molar-refractivity contribution in [2.45, 2.75) is 33.1 Å². The van der Waals surface area contributed by atoms with Crippen LogP contribution in [0.25, 0.3) is 21.0 Å². The van der Waals surface area contributed by atoms with Gasteiger partial charge in [-0.15, -0.1) is 24.8 Å². The summed E-state index contributed by atoms with van der Waals surface area (Å²) in [6, 6.07) is 18.2. The number of hydrogen-bond acceptors (Lipinski definition) is 7. The number of amides is 1.